The molecule has 0 saturated carbocycles. The lowest BCUT2D eigenvalue weighted by molar-refractivity contribution is -0.117. The van der Waals surface area contributed by atoms with Crippen molar-refractivity contribution < 1.29 is 9.53 Å². The van der Waals surface area contributed by atoms with E-state index in [1.165, 1.54) is 0 Å². The van der Waals surface area contributed by atoms with E-state index in [1.807, 2.05) is 16.8 Å². The number of anilines is 1. The highest BCUT2D eigenvalue weighted by Gasteiger charge is 2.00. The van der Waals surface area contributed by atoms with Crippen molar-refractivity contribution in [1.29, 1.82) is 0 Å². The first-order valence-corrected chi connectivity index (χ1v) is 4.58. The first-order valence-electron chi connectivity index (χ1n) is 3.64. The first kappa shape index (κ1) is 9.22. The van der Waals surface area contributed by atoms with Crippen molar-refractivity contribution >= 4 is 22.9 Å². The second-order valence-corrected chi connectivity index (χ2v) is 3.08. The zero-order valence-electron chi connectivity index (χ0n) is 6.87. The van der Waals surface area contributed by atoms with E-state index in [2.05, 4.69) is 5.32 Å². The molecule has 0 atom stereocenters. The van der Waals surface area contributed by atoms with Crippen LogP contribution in [0.15, 0.2) is 16.8 Å². The Morgan fingerprint density at radius 2 is 2.58 bits per heavy atom. The SMILES string of the molecule is COCCC(=O)Nc1ccsc1. The molecule has 0 aromatic carbocycles. The second kappa shape index (κ2) is 4.90. The van der Waals surface area contributed by atoms with E-state index in [-0.39, 0.29) is 5.91 Å². The number of carbonyl (C=O) groups is 1. The van der Waals surface area contributed by atoms with Crippen LogP contribution in [-0.2, 0) is 9.53 Å². The number of thiophene rings is 1. The second-order valence-electron chi connectivity index (χ2n) is 2.30. The molecule has 1 amide bonds. The Labute approximate surface area is 75.4 Å². The zero-order chi connectivity index (χ0) is 8.81. The van der Waals surface area contributed by atoms with E-state index < -0.39 is 0 Å². The molecule has 1 aromatic rings. The van der Waals surface area contributed by atoms with Crippen molar-refractivity contribution in [3.63, 3.8) is 0 Å². The smallest absolute Gasteiger partial charge is 0.226 e. The van der Waals surface area contributed by atoms with Gasteiger partial charge < -0.3 is 10.1 Å². The van der Waals surface area contributed by atoms with E-state index in [0.29, 0.717) is 13.0 Å². The number of hydrogen-bond donors (Lipinski definition) is 1. The molecular formula is C8H11NO2S. The fourth-order valence-electron chi connectivity index (χ4n) is 0.754. The van der Waals surface area contributed by atoms with E-state index in [4.69, 9.17) is 4.74 Å². The summed E-state index contributed by atoms with van der Waals surface area (Å²) in [6.07, 6.45) is 0.409. The average Bonchev–Trinajstić information content (AvgIpc) is 2.53. The molecule has 0 unspecified atom stereocenters. The van der Waals surface area contributed by atoms with Gasteiger partial charge in [0.2, 0.25) is 5.91 Å². The fraction of sp³-hybridized carbons (Fsp3) is 0.375. The maximum absolute atomic E-state index is 11.1. The Kier molecular flexibility index (Phi) is 3.76. The monoisotopic (exact) mass is 185 g/mol. The summed E-state index contributed by atoms with van der Waals surface area (Å²) >= 11 is 1.56. The number of hydrogen-bond acceptors (Lipinski definition) is 3. The van der Waals surface area contributed by atoms with Crippen LogP contribution in [0.5, 0.6) is 0 Å². The van der Waals surface area contributed by atoms with Crippen LogP contribution >= 0.6 is 11.3 Å². The highest BCUT2D eigenvalue weighted by atomic mass is 32.1. The van der Waals surface area contributed by atoms with E-state index >= 15 is 0 Å². The molecule has 1 N–H and O–H groups in total. The third-order valence-electron chi connectivity index (χ3n) is 1.34. The molecule has 1 rings (SSSR count). The molecule has 1 aromatic heterocycles. The molecule has 12 heavy (non-hydrogen) atoms. The molecule has 3 nitrogen and oxygen atoms in total. The van der Waals surface area contributed by atoms with Crippen LogP contribution in [-0.4, -0.2) is 19.6 Å². The van der Waals surface area contributed by atoms with Gasteiger partial charge in [0.15, 0.2) is 0 Å². The highest BCUT2D eigenvalue weighted by Crippen LogP contribution is 2.11. The van der Waals surface area contributed by atoms with Crippen LogP contribution in [0.2, 0.25) is 0 Å². The molecular weight excluding hydrogens is 174 g/mol. The lowest BCUT2D eigenvalue weighted by Crippen LogP contribution is -2.12. The minimum atomic E-state index is -0.00440. The number of ether oxygens (including phenoxy) is 1. The van der Waals surface area contributed by atoms with Gasteiger partial charge >= 0.3 is 0 Å². The van der Waals surface area contributed by atoms with Crippen LogP contribution in [0.1, 0.15) is 6.42 Å². The summed E-state index contributed by atoms with van der Waals surface area (Å²) in [5.74, 6) is -0.00440. The number of methoxy groups -OCH3 is 1. The summed E-state index contributed by atoms with van der Waals surface area (Å²) in [7, 11) is 1.58. The van der Waals surface area contributed by atoms with Crippen molar-refractivity contribution in [2.75, 3.05) is 19.0 Å². The summed E-state index contributed by atoms with van der Waals surface area (Å²) in [6, 6.07) is 1.87. The minimum Gasteiger partial charge on any atom is -0.384 e. The molecule has 4 heteroatoms. The number of carbonyl (C=O) groups excluding carboxylic acids is 1. The summed E-state index contributed by atoms with van der Waals surface area (Å²) < 4.78 is 4.77. The van der Waals surface area contributed by atoms with Crippen LogP contribution in [0.25, 0.3) is 0 Å². The van der Waals surface area contributed by atoms with Crippen molar-refractivity contribution in [3.05, 3.63) is 16.8 Å². The van der Waals surface area contributed by atoms with E-state index in [9.17, 15) is 4.79 Å². The third kappa shape index (κ3) is 3.02. The summed E-state index contributed by atoms with van der Waals surface area (Å²) in [6.45, 7) is 0.468. The maximum Gasteiger partial charge on any atom is 0.226 e. The van der Waals surface area contributed by atoms with Gasteiger partial charge in [0, 0.05) is 12.5 Å². The maximum atomic E-state index is 11.1. The minimum absolute atomic E-state index is 0.00440. The van der Waals surface area contributed by atoms with Gasteiger partial charge in [-0.05, 0) is 11.4 Å². The quantitative estimate of drug-likeness (QED) is 0.775. The van der Waals surface area contributed by atoms with Gasteiger partial charge in [-0.3, -0.25) is 4.79 Å². The molecule has 0 fully saturated rings. The van der Waals surface area contributed by atoms with Crippen molar-refractivity contribution in [2.45, 2.75) is 6.42 Å². The molecule has 0 saturated heterocycles. The Morgan fingerprint density at radius 3 is 3.17 bits per heavy atom. The van der Waals surface area contributed by atoms with Gasteiger partial charge in [0.05, 0.1) is 18.7 Å². The van der Waals surface area contributed by atoms with Crippen LogP contribution in [0.4, 0.5) is 5.69 Å². The largest absolute Gasteiger partial charge is 0.384 e. The summed E-state index contributed by atoms with van der Waals surface area (Å²) in [5.41, 5.74) is 0.862. The van der Waals surface area contributed by atoms with Crippen LogP contribution < -0.4 is 5.32 Å². The van der Waals surface area contributed by atoms with Gasteiger partial charge in [0.25, 0.3) is 0 Å². The lowest BCUT2D eigenvalue weighted by Gasteiger charge is -2.00. The number of rotatable bonds is 4. The van der Waals surface area contributed by atoms with Gasteiger partial charge in [-0.1, -0.05) is 0 Å². The van der Waals surface area contributed by atoms with Crippen molar-refractivity contribution in [2.24, 2.45) is 0 Å². The number of nitrogens with one attached hydrogen (secondary N) is 1. The van der Waals surface area contributed by atoms with Crippen LogP contribution in [0, 0.1) is 0 Å². The third-order valence-corrected chi connectivity index (χ3v) is 2.02. The molecule has 66 valence electrons. The van der Waals surface area contributed by atoms with E-state index in [1.54, 1.807) is 18.4 Å². The molecule has 0 bridgehead atoms. The molecule has 0 spiro atoms. The van der Waals surface area contributed by atoms with E-state index in [0.717, 1.165) is 5.69 Å². The predicted octanol–water partition coefficient (Wildman–Crippen LogP) is 1.72. The van der Waals surface area contributed by atoms with Crippen molar-refractivity contribution in [3.8, 4) is 0 Å². The topological polar surface area (TPSA) is 38.3 Å². The Morgan fingerprint density at radius 1 is 1.75 bits per heavy atom. The Balaban J connectivity index is 2.27. The van der Waals surface area contributed by atoms with Gasteiger partial charge in [-0.25, -0.2) is 0 Å². The molecule has 1 heterocycles. The summed E-state index contributed by atoms with van der Waals surface area (Å²) in [4.78, 5) is 11.1. The average molecular weight is 185 g/mol. The summed E-state index contributed by atoms with van der Waals surface area (Å²) in [5, 5.41) is 6.56. The first-order chi connectivity index (χ1) is 5.83. The molecule has 0 aliphatic heterocycles. The van der Waals surface area contributed by atoms with Gasteiger partial charge in [0.1, 0.15) is 0 Å². The Bertz CT molecular complexity index is 233. The standard InChI is InChI=1S/C8H11NO2S/c1-11-4-2-8(10)9-7-3-5-12-6-7/h3,5-6H,2,4H2,1H3,(H,9,10). The van der Waals surface area contributed by atoms with Crippen molar-refractivity contribution in [1.82, 2.24) is 0 Å². The predicted molar refractivity (Wildman–Crippen MR) is 49.4 cm³/mol. The molecule has 0 radical (unpaired) electrons. The Hall–Kier alpha value is -0.870. The zero-order valence-corrected chi connectivity index (χ0v) is 7.69. The molecule has 0 aliphatic carbocycles. The molecule has 0 aliphatic rings. The van der Waals surface area contributed by atoms with Crippen LogP contribution in [0.3, 0.4) is 0 Å². The van der Waals surface area contributed by atoms with Gasteiger partial charge in [-0.15, -0.1) is 0 Å². The highest BCUT2D eigenvalue weighted by molar-refractivity contribution is 7.08. The lowest BCUT2D eigenvalue weighted by atomic mass is 10.4. The number of amides is 1. The normalized spacial score (nSPS) is 9.75. The fourth-order valence-corrected chi connectivity index (χ4v) is 1.34. The van der Waals surface area contributed by atoms with Gasteiger partial charge in [-0.2, -0.15) is 11.3 Å².